The minimum atomic E-state index is -0.526. The highest BCUT2D eigenvalue weighted by atomic mass is 19.1. The van der Waals surface area contributed by atoms with Crippen LogP contribution in [0.2, 0.25) is 0 Å². The SMILES string of the molecule is [C-]#[N+]c1cc(Cn2nc(C(=O)OCC)c3c2C(C)CCC3)ccc1F. The average Bonchev–Trinajstić information content (AvgIpc) is 2.97. The number of carbonyl (C=O) groups excluding carboxylic acids is 1. The van der Waals surface area contributed by atoms with Gasteiger partial charge in [0.15, 0.2) is 5.69 Å². The molecule has 3 rings (SSSR count). The van der Waals surface area contributed by atoms with Gasteiger partial charge in [-0.05, 0) is 49.8 Å². The first kappa shape index (κ1) is 17.2. The van der Waals surface area contributed by atoms with Crippen LogP contribution in [0.15, 0.2) is 18.2 Å². The molecule has 0 N–H and O–H groups in total. The fraction of sp³-hybridized carbons (Fsp3) is 0.421. The molecule has 5 nitrogen and oxygen atoms in total. The van der Waals surface area contributed by atoms with Crippen LogP contribution in [0.1, 0.15) is 59.9 Å². The maximum atomic E-state index is 13.5. The van der Waals surface area contributed by atoms with E-state index in [1.54, 1.807) is 13.0 Å². The van der Waals surface area contributed by atoms with Gasteiger partial charge in [0.2, 0.25) is 5.69 Å². The van der Waals surface area contributed by atoms with Crippen molar-refractivity contribution in [1.29, 1.82) is 0 Å². The molecule has 1 heterocycles. The van der Waals surface area contributed by atoms with E-state index in [9.17, 15) is 9.18 Å². The molecular formula is C19H20FN3O2. The van der Waals surface area contributed by atoms with Gasteiger partial charge in [0.25, 0.3) is 0 Å². The number of hydrogen-bond acceptors (Lipinski definition) is 3. The Hall–Kier alpha value is -2.68. The van der Waals surface area contributed by atoms with E-state index in [-0.39, 0.29) is 5.69 Å². The maximum Gasteiger partial charge on any atom is 0.359 e. The standard InChI is InChI=1S/C19H20FN3O2/c1-4-25-19(24)17-14-7-5-6-12(2)18(14)23(22-17)11-13-8-9-15(20)16(10-13)21-3/h8-10,12H,4-7,11H2,1-2H3. The third-order valence-corrected chi connectivity index (χ3v) is 4.56. The molecule has 0 fully saturated rings. The fourth-order valence-electron chi connectivity index (χ4n) is 3.43. The molecule has 25 heavy (non-hydrogen) atoms. The third kappa shape index (κ3) is 3.27. The Morgan fingerprint density at radius 1 is 1.52 bits per heavy atom. The highest BCUT2D eigenvalue weighted by Gasteiger charge is 2.29. The van der Waals surface area contributed by atoms with E-state index in [2.05, 4.69) is 16.9 Å². The summed E-state index contributed by atoms with van der Waals surface area (Å²) >= 11 is 0. The second-order valence-electron chi connectivity index (χ2n) is 6.28. The second kappa shape index (κ2) is 7.06. The van der Waals surface area contributed by atoms with Crippen LogP contribution >= 0.6 is 0 Å². The predicted octanol–water partition coefficient (Wildman–Crippen LogP) is 4.24. The van der Waals surface area contributed by atoms with Crippen LogP contribution in [0.25, 0.3) is 4.85 Å². The van der Waals surface area contributed by atoms with Gasteiger partial charge in [-0.15, -0.1) is 0 Å². The van der Waals surface area contributed by atoms with Gasteiger partial charge < -0.3 is 4.74 Å². The van der Waals surface area contributed by atoms with Crippen molar-refractivity contribution < 1.29 is 13.9 Å². The molecule has 1 aromatic heterocycles. The maximum absolute atomic E-state index is 13.5. The molecule has 1 aromatic carbocycles. The van der Waals surface area contributed by atoms with Crippen LogP contribution < -0.4 is 0 Å². The molecule has 130 valence electrons. The highest BCUT2D eigenvalue weighted by molar-refractivity contribution is 5.89. The molecule has 6 heteroatoms. The zero-order chi connectivity index (χ0) is 18.0. The molecule has 0 saturated heterocycles. The topological polar surface area (TPSA) is 48.5 Å². The number of nitrogens with zero attached hydrogens (tertiary/aromatic N) is 3. The molecule has 0 amide bonds. The van der Waals surface area contributed by atoms with Crippen molar-refractivity contribution in [2.24, 2.45) is 0 Å². The normalized spacial score (nSPS) is 16.2. The van der Waals surface area contributed by atoms with Gasteiger partial charge in [-0.25, -0.2) is 14.0 Å². The van der Waals surface area contributed by atoms with Crippen molar-refractivity contribution >= 4 is 11.7 Å². The number of halogens is 1. The van der Waals surface area contributed by atoms with Gasteiger partial charge in [0, 0.05) is 11.3 Å². The number of ether oxygens (including phenoxy) is 1. The fourth-order valence-corrected chi connectivity index (χ4v) is 3.43. The molecule has 1 unspecified atom stereocenters. The largest absolute Gasteiger partial charge is 0.461 e. The summed E-state index contributed by atoms with van der Waals surface area (Å²) in [5.41, 5.74) is 3.17. The zero-order valence-electron chi connectivity index (χ0n) is 14.4. The Morgan fingerprint density at radius 2 is 2.32 bits per heavy atom. The van der Waals surface area contributed by atoms with Gasteiger partial charge in [-0.1, -0.05) is 13.0 Å². The number of fused-ring (bicyclic) bond motifs is 1. The summed E-state index contributed by atoms with van der Waals surface area (Å²) in [5, 5.41) is 4.50. The first-order valence-corrected chi connectivity index (χ1v) is 8.47. The van der Waals surface area contributed by atoms with Gasteiger partial charge in [-0.2, -0.15) is 5.10 Å². The summed E-state index contributed by atoms with van der Waals surface area (Å²) in [6.07, 6.45) is 2.87. The van der Waals surface area contributed by atoms with Gasteiger partial charge in [0.1, 0.15) is 5.82 Å². The summed E-state index contributed by atoms with van der Waals surface area (Å²) in [4.78, 5) is 15.5. The molecule has 0 aliphatic heterocycles. The minimum absolute atomic E-state index is 0.00260. The highest BCUT2D eigenvalue weighted by Crippen LogP contribution is 2.34. The summed E-state index contributed by atoms with van der Waals surface area (Å²) in [7, 11) is 0. The Morgan fingerprint density at radius 3 is 3.04 bits per heavy atom. The van der Waals surface area contributed by atoms with Crippen molar-refractivity contribution in [2.75, 3.05) is 6.61 Å². The Kier molecular flexibility index (Phi) is 4.84. The van der Waals surface area contributed by atoms with Gasteiger partial charge in [-0.3, -0.25) is 4.68 Å². The smallest absolute Gasteiger partial charge is 0.359 e. The first-order chi connectivity index (χ1) is 12.0. The van der Waals surface area contributed by atoms with Crippen molar-refractivity contribution in [2.45, 2.75) is 45.6 Å². The Balaban J connectivity index is 2.01. The quantitative estimate of drug-likeness (QED) is 0.617. The molecule has 2 aromatic rings. The minimum Gasteiger partial charge on any atom is -0.461 e. The van der Waals surface area contributed by atoms with Crippen molar-refractivity contribution in [3.63, 3.8) is 0 Å². The van der Waals surface area contributed by atoms with E-state index >= 15 is 0 Å². The van der Waals surface area contributed by atoms with E-state index in [0.29, 0.717) is 24.8 Å². The Bertz CT molecular complexity index is 851. The van der Waals surface area contributed by atoms with Crippen LogP contribution in [0.5, 0.6) is 0 Å². The monoisotopic (exact) mass is 341 g/mol. The summed E-state index contributed by atoms with van der Waals surface area (Å²) < 4.78 is 20.5. The molecule has 1 atom stereocenters. The van der Waals surface area contributed by atoms with Crippen LogP contribution in [0.4, 0.5) is 10.1 Å². The Labute approximate surface area is 146 Å². The zero-order valence-corrected chi connectivity index (χ0v) is 14.4. The van der Waals surface area contributed by atoms with E-state index < -0.39 is 11.8 Å². The third-order valence-electron chi connectivity index (χ3n) is 4.56. The van der Waals surface area contributed by atoms with Crippen LogP contribution in [-0.2, 0) is 17.7 Å². The van der Waals surface area contributed by atoms with E-state index in [1.165, 1.54) is 12.1 Å². The number of carbonyl (C=O) groups is 1. The van der Waals surface area contributed by atoms with Crippen molar-refractivity contribution in [3.05, 3.63) is 57.9 Å². The number of benzene rings is 1. The summed E-state index contributed by atoms with van der Waals surface area (Å²) in [6.45, 7) is 11.7. The van der Waals surface area contributed by atoms with E-state index in [1.807, 2.05) is 4.68 Å². The van der Waals surface area contributed by atoms with Crippen LogP contribution in [0.3, 0.4) is 0 Å². The lowest BCUT2D eigenvalue weighted by atomic mass is 9.87. The van der Waals surface area contributed by atoms with Crippen LogP contribution in [-0.4, -0.2) is 22.4 Å². The second-order valence-corrected chi connectivity index (χ2v) is 6.28. The lowest BCUT2D eigenvalue weighted by molar-refractivity contribution is 0.0517. The number of hydrogen-bond donors (Lipinski definition) is 0. The number of esters is 1. The van der Waals surface area contributed by atoms with E-state index in [4.69, 9.17) is 11.3 Å². The predicted molar refractivity (Wildman–Crippen MR) is 91.3 cm³/mol. The molecule has 0 saturated carbocycles. The average molecular weight is 341 g/mol. The van der Waals surface area contributed by atoms with E-state index in [0.717, 1.165) is 36.1 Å². The molecule has 0 radical (unpaired) electrons. The number of aromatic nitrogens is 2. The molecule has 1 aliphatic rings. The summed E-state index contributed by atoms with van der Waals surface area (Å²) in [6, 6.07) is 4.48. The molecular weight excluding hydrogens is 321 g/mol. The molecule has 1 aliphatic carbocycles. The molecule has 0 spiro atoms. The van der Waals surface area contributed by atoms with Gasteiger partial charge >= 0.3 is 5.97 Å². The molecule has 0 bridgehead atoms. The van der Waals surface area contributed by atoms with Crippen molar-refractivity contribution in [1.82, 2.24) is 9.78 Å². The summed E-state index contributed by atoms with van der Waals surface area (Å²) in [5.74, 6) is -0.630. The van der Waals surface area contributed by atoms with Crippen LogP contribution in [0, 0.1) is 12.4 Å². The lowest BCUT2D eigenvalue weighted by Crippen LogP contribution is -2.14. The lowest BCUT2D eigenvalue weighted by Gasteiger charge is -2.21. The van der Waals surface area contributed by atoms with Crippen molar-refractivity contribution in [3.8, 4) is 0 Å². The number of rotatable bonds is 4. The first-order valence-electron chi connectivity index (χ1n) is 8.47. The van der Waals surface area contributed by atoms with Gasteiger partial charge in [0.05, 0.1) is 19.7 Å².